The second-order valence-corrected chi connectivity index (χ2v) is 6.25. The maximum absolute atomic E-state index is 12.1. The molecule has 2 aromatic rings. The quantitative estimate of drug-likeness (QED) is 0.802. The van der Waals surface area contributed by atoms with Gasteiger partial charge in [0.15, 0.2) is 0 Å². The first-order chi connectivity index (χ1) is 10.1. The maximum Gasteiger partial charge on any atom is 0.328 e. The molecular weight excluding hydrogens is 308 g/mol. The van der Waals surface area contributed by atoms with E-state index < -0.39 is 5.97 Å². The standard InChI is InChI=1S/C14H14N2O3S2/c1-2-10-7-15-11(21-10)8-16-14(19)13-9(5-6-20-13)3-4-12(17)18/h3-7H,2,8H2,1H3,(H,16,19)(H,17,18)/b4-3+. The van der Waals surface area contributed by atoms with Gasteiger partial charge in [0.1, 0.15) is 5.01 Å². The molecule has 0 bridgehead atoms. The number of carbonyl (C=O) groups is 2. The van der Waals surface area contributed by atoms with Gasteiger partial charge in [0, 0.05) is 17.2 Å². The van der Waals surface area contributed by atoms with E-state index >= 15 is 0 Å². The Morgan fingerprint density at radius 2 is 2.29 bits per heavy atom. The summed E-state index contributed by atoms with van der Waals surface area (Å²) in [5.41, 5.74) is 0.605. The van der Waals surface area contributed by atoms with Crippen LogP contribution in [0.3, 0.4) is 0 Å². The first-order valence-electron chi connectivity index (χ1n) is 6.30. The van der Waals surface area contributed by atoms with E-state index in [1.165, 1.54) is 22.3 Å². The average Bonchev–Trinajstić information content (AvgIpc) is 3.11. The highest BCUT2D eigenvalue weighted by atomic mass is 32.1. The largest absolute Gasteiger partial charge is 0.478 e. The van der Waals surface area contributed by atoms with Crippen LogP contribution in [0.5, 0.6) is 0 Å². The number of carbonyl (C=O) groups excluding carboxylic acids is 1. The van der Waals surface area contributed by atoms with E-state index in [2.05, 4.69) is 17.2 Å². The van der Waals surface area contributed by atoms with E-state index in [1.54, 1.807) is 22.8 Å². The van der Waals surface area contributed by atoms with Crippen LogP contribution in [0, 0.1) is 0 Å². The van der Waals surface area contributed by atoms with Crippen molar-refractivity contribution in [3.8, 4) is 0 Å². The fraction of sp³-hybridized carbons (Fsp3) is 0.214. The number of amides is 1. The molecule has 0 atom stereocenters. The first kappa shape index (κ1) is 15.4. The van der Waals surface area contributed by atoms with E-state index in [9.17, 15) is 9.59 Å². The highest BCUT2D eigenvalue weighted by molar-refractivity contribution is 7.12. The molecule has 0 spiro atoms. The molecule has 0 aliphatic carbocycles. The molecule has 0 radical (unpaired) electrons. The Balaban J connectivity index is 2.00. The third-order valence-electron chi connectivity index (χ3n) is 2.66. The number of thiazole rings is 1. The van der Waals surface area contributed by atoms with Crippen molar-refractivity contribution in [1.82, 2.24) is 10.3 Å². The number of thiophene rings is 1. The van der Waals surface area contributed by atoms with Crippen LogP contribution >= 0.6 is 22.7 Å². The summed E-state index contributed by atoms with van der Waals surface area (Å²) < 4.78 is 0. The molecule has 0 aromatic carbocycles. The van der Waals surface area contributed by atoms with Gasteiger partial charge in [-0.2, -0.15) is 0 Å². The summed E-state index contributed by atoms with van der Waals surface area (Å²) in [6, 6.07) is 1.72. The van der Waals surface area contributed by atoms with Gasteiger partial charge < -0.3 is 10.4 Å². The van der Waals surface area contributed by atoms with Gasteiger partial charge in [-0.15, -0.1) is 22.7 Å². The smallest absolute Gasteiger partial charge is 0.328 e. The summed E-state index contributed by atoms with van der Waals surface area (Å²) in [7, 11) is 0. The van der Waals surface area contributed by atoms with Crippen molar-refractivity contribution >= 4 is 40.6 Å². The van der Waals surface area contributed by atoms with Crippen molar-refractivity contribution in [3.63, 3.8) is 0 Å². The number of carboxylic acids is 1. The van der Waals surface area contributed by atoms with Gasteiger partial charge in [-0.3, -0.25) is 4.79 Å². The maximum atomic E-state index is 12.1. The molecule has 7 heteroatoms. The lowest BCUT2D eigenvalue weighted by atomic mass is 10.2. The monoisotopic (exact) mass is 322 g/mol. The van der Waals surface area contributed by atoms with Gasteiger partial charge in [-0.05, 0) is 29.5 Å². The summed E-state index contributed by atoms with van der Waals surface area (Å²) in [6.45, 7) is 2.44. The number of hydrogen-bond donors (Lipinski definition) is 2. The zero-order chi connectivity index (χ0) is 15.2. The zero-order valence-electron chi connectivity index (χ0n) is 11.3. The summed E-state index contributed by atoms with van der Waals surface area (Å²) in [4.78, 5) is 28.6. The van der Waals surface area contributed by atoms with Crippen molar-refractivity contribution in [1.29, 1.82) is 0 Å². The van der Waals surface area contributed by atoms with Gasteiger partial charge in [-0.25, -0.2) is 9.78 Å². The Morgan fingerprint density at radius 1 is 1.48 bits per heavy atom. The minimum Gasteiger partial charge on any atom is -0.478 e. The molecule has 2 rings (SSSR count). The number of carboxylic acid groups (broad SMARTS) is 1. The van der Waals surface area contributed by atoms with Gasteiger partial charge in [0.2, 0.25) is 0 Å². The van der Waals surface area contributed by atoms with Crippen LogP contribution in [0.15, 0.2) is 23.7 Å². The minimum absolute atomic E-state index is 0.219. The van der Waals surface area contributed by atoms with Gasteiger partial charge in [0.25, 0.3) is 5.91 Å². The summed E-state index contributed by atoms with van der Waals surface area (Å²) >= 11 is 2.86. The highest BCUT2D eigenvalue weighted by Crippen LogP contribution is 2.19. The average molecular weight is 322 g/mol. The normalized spacial score (nSPS) is 10.9. The Kier molecular flexibility index (Phi) is 5.24. The predicted octanol–water partition coefficient (Wildman–Crippen LogP) is 2.79. The van der Waals surface area contributed by atoms with Crippen LogP contribution in [-0.4, -0.2) is 22.0 Å². The Hall–Kier alpha value is -1.99. The molecule has 0 aliphatic heterocycles. The molecule has 2 heterocycles. The van der Waals surface area contributed by atoms with Crippen molar-refractivity contribution in [3.05, 3.63) is 44.0 Å². The van der Waals surface area contributed by atoms with Crippen molar-refractivity contribution < 1.29 is 14.7 Å². The Labute approximate surface area is 130 Å². The number of aryl methyl sites for hydroxylation is 1. The van der Waals surface area contributed by atoms with Crippen LogP contribution in [0.1, 0.15) is 32.0 Å². The third kappa shape index (κ3) is 4.24. The molecule has 1 amide bonds. The number of aromatic nitrogens is 1. The van der Waals surface area contributed by atoms with Crippen LogP contribution < -0.4 is 5.32 Å². The van der Waals surface area contributed by atoms with Crippen LogP contribution in [0.4, 0.5) is 0 Å². The Morgan fingerprint density at radius 3 is 2.95 bits per heavy atom. The molecular formula is C14H14N2O3S2. The van der Waals surface area contributed by atoms with Crippen molar-refractivity contribution in [2.75, 3.05) is 0 Å². The summed E-state index contributed by atoms with van der Waals surface area (Å²) in [6.07, 6.45) is 5.19. The molecule has 2 N–H and O–H groups in total. The van der Waals surface area contributed by atoms with Gasteiger partial charge in [0.05, 0.1) is 11.4 Å². The molecule has 5 nitrogen and oxygen atoms in total. The second-order valence-electron chi connectivity index (χ2n) is 4.13. The second kappa shape index (κ2) is 7.14. The molecule has 2 aromatic heterocycles. The van der Waals surface area contributed by atoms with Crippen LogP contribution in [-0.2, 0) is 17.8 Å². The molecule has 21 heavy (non-hydrogen) atoms. The topological polar surface area (TPSA) is 79.3 Å². The fourth-order valence-electron chi connectivity index (χ4n) is 1.63. The lowest BCUT2D eigenvalue weighted by molar-refractivity contribution is -0.131. The number of hydrogen-bond acceptors (Lipinski definition) is 5. The molecule has 0 aliphatic rings. The van der Waals surface area contributed by atoms with E-state index in [4.69, 9.17) is 5.11 Å². The third-order valence-corrected chi connectivity index (χ3v) is 4.73. The van der Waals surface area contributed by atoms with Gasteiger partial charge >= 0.3 is 5.97 Å². The van der Waals surface area contributed by atoms with Crippen molar-refractivity contribution in [2.45, 2.75) is 19.9 Å². The van der Waals surface area contributed by atoms with E-state index in [0.29, 0.717) is 17.0 Å². The van der Waals surface area contributed by atoms with Crippen LogP contribution in [0.2, 0.25) is 0 Å². The number of aliphatic carboxylic acids is 1. The number of nitrogens with zero attached hydrogens (tertiary/aromatic N) is 1. The highest BCUT2D eigenvalue weighted by Gasteiger charge is 2.12. The molecule has 0 fully saturated rings. The summed E-state index contributed by atoms with van der Waals surface area (Å²) in [5.74, 6) is -1.26. The van der Waals surface area contributed by atoms with E-state index in [1.807, 2.05) is 6.20 Å². The van der Waals surface area contributed by atoms with E-state index in [-0.39, 0.29) is 5.91 Å². The molecule has 0 saturated heterocycles. The van der Waals surface area contributed by atoms with Crippen molar-refractivity contribution in [2.24, 2.45) is 0 Å². The fourth-order valence-corrected chi connectivity index (χ4v) is 3.23. The zero-order valence-corrected chi connectivity index (χ0v) is 13.0. The van der Waals surface area contributed by atoms with Gasteiger partial charge in [-0.1, -0.05) is 6.92 Å². The van der Waals surface area contributed by atoms with E-state index in [0.717, 1.165) is 17.5 Å². The number of rotatable bonds is 6. The molecule has 110 valence electrons. The molecule has 0 unspecified atom stereocenters. The Bertz CT molecular complexity index is 673. The SMILES string of the molecule is CCc1cnc(CNC(=O)c2sccc2/C=C/C(=O)O)s1. The first-order valence-corrected chi connectivity index (χ1v) is 8.00. The summed E-state index contributed by atoms with van der Waals surface area (Å²) in [5, 5.41) is 14.1. The molecule has 0 saturated carbocycles. The van der Waals surface area contributed by atoms with Crippen LogP contribution in [0.25, 0.3) is 6.08 Å². The lowest BCUT2D eigenvalue weighted by Crippen LogP contribution is -2.22. The minimum atomic E-state index is -1.04. The lowest BCUT2D eigenvalue weighted by Gasteiger charge is -2.02. The predicted molar refractivity (Wildman–Crippen MR) is 83.7 cm³/mol. The number of nitrogens with one attached hydrogen (secondary N) is 1.